The lowest BCUT2D eigenvalue weighted by molar-refractivity contribution is -0.0303. The molecule has 0 radical (unpaired) electrons. The monoisotopic (exact) mass is 161 g/mol. The van der Waals surface area contributed by atoms with Crippen LogP contribution in [-0.2, 0) is 0 Å². The molecule has 0 rings (SSSR count). The molecular formula is C2H6F3N3S. The van der Waals surface area contributed by atoms with E-state index in [4.69, 9.17) is 5.41 Å². The van der Waals surface area contributed by atoms with Crippen LogP contribution in [0.3, 0.4) is 0 Å². The van der Waals surface area contributed by atoms with Crippen molar-refractivity contribution in [2.75, 3.05) is 0 Å². The smallest absolute Gasteiger partial charge is 0.370 e. The summed E-state index contributed by atoms with van der Waals surface area (Å²) >= 11 is 2.12. The van der Waals surface area contributed by atoms with Crippen LogP contribution in [0.1, 0.15) is 0 Å². The topological polar surface area (TPSA) is 75.9 Å². The molecule has 0 aliphatic rings. The fraction of sp³-hybridized carbons (Fsp3) is 0.500. The van der Waals surface area contributed by atoms with Crippen LogP contribution in [0.4, 0.5) is 13.2 Å². The van der Waals surface area contributed by atoms with Crippen LogP contribution in [0.2, 0.25) is 0 Å². The van der Waals surface area contributed by atoms with Gasteiger partial charge in [0, 0.05) is 0 Å². The van der Waals surface area contributed by atoms with Gasteiger partial charge >= 0.3 is 5.51 Å². The molecular weight excluding hydrogens is 155 g/mol. The van der Waals surface area contributed by atoms with E-state index in [2.05, 4.69) is 24.1 Å². The summed E-state index contributed by atoms with van der Waals surface area (Å²) in [5, 5.41) is 6.06. The molecule has 0 spiro atoms. The van der Waals surface area contributed by atoms with E-state index in [0.717, 1.165) is 0 Å². The summed E-state index contributed by atoms with van der Waals surface area (Å²) in [7, 11) is 0. The summed E-state index contributed by atoms with van der Waals surface area (Å²) in [6.07, 6.45) is 0. The summed E-state index contributed by atoms with van der Waals surface area (Å²) < 4.78 is 30.7. The average Bonchev–Trinajstić information content (AvgIpc) is 1.19. The molecule has 3 nitrogen and oxygen atoms in total. The quantitative estimate of drug-likeness (QED) is 0.234. The van der Waals surface area contributed by atoms with Crippen LogP contribution in [0, 0.1) is 5.41 Å². The predicted molar refractivity (Wildman–Crippen MR) is 31.1 cm³/mol. The van der Waals surface area contributed by atoms with Crippen LogP contribution in [0.15, 0.2) is 0 Å². The standard InChI is InChI=1S/CHF3S.CH5N3/c2-1(3,4)5;2-1(3)4/h5H;(H5,2,3,4). The lowest BCUT2D eigenvalue weighted by atomic mass is 11.1. The molecule has 0 aromatic carbocycles. The number of nitrogens with one attached hydrogen (secondary N) is 1. The number of hydrogen-bond acceptors (Lipinski definition) is 2. The van der Waals surface area contributed by atoms with Gasteiger partial charge in [0.15, 0.2) is 5.96 Å². The SMILES string of the molecule is FC(F)(F)S.N=C(N)N. The molecule has 0 aliphatic carbocycles. The number of hydrogen-bond donors (Lipinski definition) is 4. The fourth-order valence-electron chi connectivity index (χ4n) is 0. The van der Waals surface area contributed by atoms with E-state index in [0.29, 0.717) is 0 Å². The van der Waals surface area contributed by atoms with Crippen LogP contribution >= 0.6 is 12.6 Å². The van der Waals surface area contributed by atoms with Crippen molar-refractivity contribution < 1.29 is 13.2 Å². The summed E-state index contributed by atoms with van der Waals surface area (Å²) in [6, 6.07) is 0. The maximum atomic E-state index is 10.2. The first kappa shape index (κ1) is 11.2. The van der Waals surface area contributed by atoms with Gasteiger partial charge in [-0.25, -0.2) is 0 Å². The molecule has 56 valence electrons. The zero-order valence-corrected chi connectivity index (χ0v) is 5.13. The first-order valence-corrected chi connectivity index (χ1v) is 2.07. The van der Waals surface area contributed by atoms with E-state index < -0.39 is 5.51 Å². The Labute approximate surface area is 55.1 Å². The average molecular weight is 161 g/mol. The van der Waals surface area contributed by atoms with E-state index in [9.17, 15) is 13.2 Å². The number of alkyl halides is 3. The van der Waals surface area contributed by atoms with Crippen molar-refractivity contribution in [3.05, 3.63) is 0 Å². The minimum atomic E-state index is -4.31. The van der Waals surface area contributed by atoms with Gasteiger partial charge in [-0.15, -0.1) is 0 Å². The molecule has 0 aromatic heterocycles. The highest BCUT2D eigenvalue weighted by Gasteiger charge is 2.17. The van der Waals surface area contributed by atoms with E-state index in [1.165, 1.54) is 0 Å². The first-order chi connectivity index (χ1) is 3.73. The van der Waals surface area contributed by atoms with Crippen molar-refractivity contribution >= 4 is 18.6 Å². The lowest BCUT2D eigenvalue weighted by Crippen LogP contribution is -2.20. The Morgan fingerprint density at radius 1 is 1.33 bits per heavy atom. The van der Waals surface area contributed by atoms with Gasteiger partial charge < -0.3 is 11.5 Å². The van der Waals surface area contributed by atoms with Crippen LogP contribution in [-0.4, -0.2) is 11.5 Å². The molecule has 0 bridgehead atoms. The second-order valence-corrected chi connectivity index (χ2v) is 1.43. The van der Waals surface area contributed by atoms with Crippen LogP contribution in [0.25, 0.3) is 0 Å². The van der Waals surface area contributed by atoms with E-state index in [-0.39, 0.29) is 5.96 Å². The Morgan fingerprint density at radius 3 is 1.33 bits per heavy atom. The Hall–Kier alpha value is -0.590. The zero-order valence-electron chi connectivity index (χ0n) is 4.24. The fourth-order valence-corrected chi connectivity index (χ4v) is 0. The van der Waals surface area contributed by atoms with Gasteiger partial charge in [-0.1, -0.05) is 12.6 Å². The maximum absolute atomic E-state index is 10.2. The Bertz CT molecular complexity index is 79.5. The molecule has 0 saturated carbocycles. The predicted octanol–water partition coefficient (Wildman–Crippen LogP) is 0.275. The van der Waals surface area contributed by atoms with E-state index >= 15 is 0 Å². The molecule has 0 saturated heterocycles. The van der Waals surface area contributed by atoms with Crippen molar-refractivity contribution in [2.45, 2.75) is 5.51 Å². The Kier molecular flexibility index (Phi) is 5.38. The van der Waals surface area contributed by atoms with Gasteiger partial charge in [-0.05, 0) is 0 Å². The van der Waals surface area contributed by atoms with E-state index in [1.54, 1.807) is 0 Å². The number of halogens is 3. The summed E-state index contributed by atoms with van der Waals surface area (Å²) in [5.41, 5.74) is 4.64. The van der Waals surface area contributed by atoms with Crippen molar-refractivity contribution in [1.82, 2.24) is 0 Å². The number of nitrogens with two attached hydrogens (primary N) is 2. The van der Waals surface area contributed by atoms with Gasteiger partial charge in [-0.3, -0.25) is 5.41 Å². The minimum absolute atomic E-state index is 0.333. The molecule has 0 aromatic rings. The molecule has 0 aliphatic heterocycles. The van der Waals surface area contributed by atoms with E-state index in [1.807, 2.05) is 0 Å². The molecule has 0 unspecified atom stereocenters. The maximum Gasteiger partial charge on any atom is 0.438 e. The summed E-state index contributed by atoms with van der Waals surface area (Å²) in [6.45, 7) is 0. The second-order valence-electron chi connectivity index (χ2n) is 0.923. The molecule has 7 heteroatoms. The van der Waals surface area contributed by atoms with Gasteiger partial charge in [0.25, 0.3) is 0 Å². The van der Waals surface area contributed by atoms with Crippen molar-refractivity contribution in [3.63, 3.8) is 0 Å². The van der Waals surface area contributed by atoms with Gasteiger partial charge in [0.1, 0.15) is 0 Å². The Morgan fingerprint density at radius 2 is 1.33 bits per heavy atom. The largest absolute Gasteiger partial charge is 0.438 e. The number of thiol groups is 1. The highest BCUT2D eigenvalue weighted by molar-refractivity contribution is 7.81. The molecule has 9 heavy (non-hydrogen) atoms. The third kappa shape index (κ3) is 623. The van der Waals surface area contributed by atoms with Crippen molar-refractivity contribution in [1.29, 1.82) is 5.41 Å². The molecule has 0 atom stereocenters. The van der Waals surface area contributed by atoms with Crippen LogP contribution < -0.4 is 11.5 Å². The Balaban J connectivity index is 0. The van der Waals surface area contributed by atoms with Gasteiger partial charge in [0.05, 0.1) is 0 Å². The molecule has 0 heterocycles. The summed E-state index contributed by atoms with van der Waals surface area (Å²) in [5.74, 6) is -0.333. The highest BCUT2D eigenvalue weighted by Crippen LogP contribution is 2.17. The summed E-state index contributed by atoms with van der Waals surface area (Å²) in [4.78, 5) is 0. The van der Waals surface area contributed by atoms with Gasteiger partial charge in [-0.2, -0.15) is 13.2 Å². The lowest BCUT2D eigenvalue weighted by Gasteiger charge is -1.87. The minimum Gasteiger partial charge on any atom is -0.370 e. The molecule has 0 fully saturated rings. The number of guanidine groups is 1. The molecule has 0 amide bonds. The first-order valence-electron chi connectivity index (χ1n) is 1.62. The van der Waals surface area contributed by atoms with Crippen molar-refractivity contribution in [3.8, 4) is 0 Å². The third-order valence-electron chi connectivity index (χ3n) is 0. The second kappa shape index (κ2) is 4.30. The van der Waals surface area contributed by atoms with Gasteiger partial charge in [0.2, 0.25) is 0 Å². The highest BCUT2D eigenvalue weighted by atomic mass is 32.1. The van der Waals surface area contributed by atoms with Crippen LogP contribution in [0.5, 0.6) is 0 Å². The molecule has 5 N–H and O–H groups in total. The van der Waals surface area contributed by atoms with Crippen molar-refractivity contribution in [2.24, 2.45) is 11.5 Å². The number of rotatable bonds is 0. The normalized spacial score (nSPS) is 9.33. The zero-order chi connectivity index (χ0) is 8.08. The third-order valence-corrected chi connectivity index (χ3v) is 0.